The number of hydrogen-bond donors (Lipinski definition) is 2. The molecule has 0 aliphatic carbocycles. The van der Waals surface area contributed by atoms with E-state index in [9.17, 15) is 0 Å². The first-order valence-electron chi connectivity index (χ1n) is 5.23. The molecule has 0 amide bonds. The standard InChI is InChI=1S/C11H15N5/c1-9(8-12)15-10-4-2-5-13-11(10)16-7-3-6-14-16/h2-7,9,15H,8,12H2,1H3. The number of hydrogen-bond acceptors (Lipinski definition) is 4. The zero-order valence-corrected chi connectivity index (χ0v) is 9.17. The smallest absolute Gasteiger partial charge is 0.176 e. The quantitative estimate of drug-likeness (QED) is 0.802. The third-order valence-corrected chi connectivity index (χ3v) is 2.26. The van der Waals surface area contributed by atoms with Crippen molar-refractivity contribution < 1.29 is 0 Å². The first-order valence-corrected chi connectivity index (χ1v) is 5.23. The van der Waals surface area contributed by atoms with Crippen molar-refractivity contribution in [2.45, 2.75) is 13.0 Å². The lowest BCUT2D eigenvalue weighted by Gasteiger charge is -2.15. The van der Waals surface area contributed by atoms with Crippen molar-refractivity contribution in [1.29, 1.82) is 0 Å². The Morgan fingerprint density at radius 3 is 3.00 bits per heavy atom. The Balaban J connectivity index is 2.31. The highest BCUT2D eigenvalue weighted by Gasteiger charge is 2.07. The highest BCUT2D eigenvalue weighted by molar-refractivity contribution is 5.56. The molecule has 5 heteroatoms. The highest BCUT2D eigenvalue weighted by atomic mass is 15.3. The minimum absolute atomic E-state index is 0.207. The second-order valence-corrected chi connectivity index (χ2v) is 3.61. The van der Waals surface area contributed by atoms with E-state index in [4.69, 9.17) is 5.73 Å². The number of rotatable bonds is 4. The Kier molecular flexibility index (Phi) is 3.16. The second-order valence-electron chi connectivity index (χ2n) is 3.61. The number of nitrogens with two attached hydrogens (primary N) is 1. The van der Waals surface area contributed by atoms with Crippen LogP contribution >= 0.6 is 0 Å². The summed E-state index contributed by atoms with van der Waals surface area (Å²) in [5, 5.41) is 7.46. The normalized spacial score (nSPS) is 12.4. The van der Waals surface area contributed by atoms with Crippen LogP contribution < -0.4 is 11.1 Å². The van der Waals surface area contributed by atoms with Gasteiger partial charge in [0, 0.05) is 31.2 Å². The van der Waals surface area contributed by atoms with Crippen molar-refractivity contribution in [1.82, 2.24) is 14.8 Å². The fraction of sp³-hybridized carbons (Fsp3) is 0.273. The molecule has 5 nitrogen and oxygen atoms in total. The molecule has 16 heavy (non-hydrogen) atoms. The van der Waals surface area contributed by atoms with Gasteiger partial charge >= 0.3 is 0 Å². The van der Waals surface area contributed by atoms with Crippen LogP contribution in [0.5, 0.6) is 0 Å². The van der Waals surface area contributed by atoms with Gasteiger partial charge in [0.25, 0.3) is 0 Å². The molecular weight excluding hydrogens is 202 g/mol. The number of nitrogens with one attached hydrogen (secondary N) is 1. The Morgan fingerprint density at radius 1 is 1.44 bits per heavy atom. The van der Waals surface area contributed by atoms with E-state index in [-0.39, 0.29) is 6.04 Å². The average molecular weight is 217 g/mol. The highest BCUT2D eigenvalue weighted by Crippen LogP contribution is 2.16. The molecule has 3 N–H and O–H groups in total. The Bertz CT molecular complexity index is 437. The average Bonchev–Trinajstić information content (AvgIpc) is 2.83. The number of anilines is 1. The monoisotopic (exact) mass is 217 g/mol. The third-order valence-electron chi connectivity index (χ3n) is 2.26. The first kappa shape index (κ1) is 10.6. The van der Waals surface area contributed by atoms with Gasteiger partial charge in [0.2, 0.25) is 0 Å². The molecule has 0 radical (unpaired) electrons. The van der Waals surface area contributed by atoms with Crippen molar-refractivity contribution in [3.63, 3.8) is 0 Å². The maximum Gasteiger partial charge on any atom is 0.176 e. The number of pyridine rings is 1. The van der Waals surface area contributed by atoms with E-state index in [1.165, 1.54) is 0 Å². The topological polar surface area (TPSA) is 68.8 Å². The SMILES string of the molecule is CC(CN)Nc1cccnc1-n1cccn1. The Morgan fingerprint density at radius 2 is 2.31 bits per heavy atom. The zero-order chi connectivity index (χ0) is 11.4. The molecule has 0 spiro atoms. The molecule has 0 fully saturated rings. The van der Waals surface area contributed by atoms with Gasteiger partial charge in [-0.15, -0.1) is 0 Å². The van der Waals surface area contributed by atoms with Crippen LogP contribution in [0.4, 0.5) is 5.69 Å². The number of nitrogens with zero attached hydrogens (tertiary/aromatic N) is 3. The summed E-state index contributed by atoms with van der Waals surface area (Å²) in [5.41, 5.74) is 6.52. The summed E-state index contributed by atoms with van der Waals surface area (Å²) in [5.74, 6) is 0.785. The van der Waals surface area contributed by atoms with Crippen molar-refractivity contribution in [2.75, 3.05) is 11.9 Å². The largest absolute Gasteiger partial charge is 0.378 e. The first-order chi connectivity index (χ1) is 7.81. The van der Waals surface area contributed by atoms with Gasteiger partial charge in [0.15, 0.2) is 5.82 Å². The fourth-order valence-corrected chi connectivity index (χ4v) is 1.41. The molecular formula is C11H15N5. The third kappa shape index (κ3) is 2.20. The van der Waals surface area contributed by atoms with Crippen molar-refractivity contribution >= 4 is 5.69 Å². The molecule has 2 aromatic rings. The van der Waals surface area contributed by atoms with Crippen molar-refractivity contribution in [3.05, 3.63) is 36.8 Å². The summed E-state index contributed by atoms with van der Waals surface area (Å²) >= 11 is 0. The maximum absolute atomic E-state index is 5.58. The lowest BCUT2D eigenvalue weighted by molar-refractivity contribution is 0.790. The predicted octanol–water partition coefficient (Wildman–Crippen LogP) is 1.03. The van der Waals surface area contributed by atoms with Gasteiger partial charge in [0.1, 0.15) is 0 Å². The number of aromatic nitrogens is 3. The fourth-order valence-electron chi connectivity index (χ4n) is 1.41. The zero-order valence-electron chi connectivity index (χ0n) is 9.17. The van der Waals surface area contributed by atoms with Gasteiger partial charge in [-0.1, -0.05) is 0 Å². The van der Waals surface area contributed by atoms with E-state index < -0.39 is 0 Å². The van der Waals surface area contributed by atoms with Crippen molar-refractivity contribution in [3.8, 4) is 5.82 Å². The predicted molar refractivity (Wildman–Crippen MR) is 63.5 cm³/mol. The molecule has 1 atom stereocenters. The van der Waals surface area contributed by atoms with Crippen LogP contribution in [-0.2, 0) is 0 Å². The van der Waals surface area contributed by atoms with Crippen LogP contribution in [0.15, 0.2) is 36.8 Å². The molecule has 0 aliphatic heterocycles. The molecule has 2 aromatic heterocycles. The van der Waals surface area contributed by atoms with E-state index in [0.29, 0.717) is 6.54 Å². The lowest BCUT2D eigenvalue weighted by Crippen LogP contribution is -2.26. The molecule has 0 aromatic carbocycles. The van der Waals surface area contributed by atoms with Crippen LogP contribution in [0.25, 0.3) is 5.82 Å². The summed E-state index contributed by atoms with van der Waals surface area (Å²) in [7, 11) is 0. The van der Waals surface area contributed by atoms with Crippen LogP contribution in [0.3, 0.4) is 0 Å². The molecule has 0 saturated carbocycles. The summed E-state index contributed by atoms with van der Waals surface area (Å²) in [6, 6.07) is 5.93. The molecule has 0 saturated heterocycles. The Hall–Kier alpha value is -1.88. The minimum atomic E-state index is 0.207. The molecule has 84 valence electrons. The molecule has 1 unspecified atom stereocenters. The van der Waals surface area contributed by atoms with Gasteiger partial charge in [-0.3, -0.25) is 0 Å². The van der Waals surface area contributed by atoms with Crippen LogP contribution in [0.2, 0.25) is 0 Å². The van der Waals surface area contributed by atoms with Crippen LogP contribution in [0, 0.1) is 0 Å². The lowest BCUT2D eigenvalue weighted by atomic mass is 10.3. The molecule has 0 bridgehead atoms. The van der Waals surface area contributed by atoms with E-state index in [1.54, 1.807) is 17.1 Å². The molecule has 2 rings (SSSR count). The van der Waals surface area contributed by atoms with Gasteiger partial charge in [-0.25, -0.2) is 9.67 Å². The Labute approximate surface area is 94.3 Å². The molecule has 2 heterocycles. The molecule has 0 aliphatic rings. The minimum Gasteiger partial charge on any atom is -0.378 e. The van der Waals surface area contributed by atoms with Crippen molar-refractivity contribution in [2.24, 2.45) is 5.73 Å². The summed E-state index contributed by atoms with van der Waals surface area (Å²) < 4.78 is 1.73. The second kappa shape index (κ2) is 4.76. The van der Waals surface area contributed by atoms with E-state index in [1.807, 2.05) is 31.3 Å². The van der Waals surface area contributed by atoms with Crippen LogP contribution in [-0.4, -0.2) is 27.4 Å². The van der Waals surface area contributed by atoms with Gasteiger partial charge in [-0.05, 0) is 25.1 Å². The van der Waals surface area contributed by atoms with Crippen LogP contribution in [0.1, 0.15) is 6.92 Å². The van der Waals surface area contributed by atoms with E-state index in [2.05, 4.69) is 15.4 Å². The van der Waals surface area contributed by atoms with Gasteiger partial charge < -0.3 is 11.1 Å². The van der Waals surface area contributed by atoms with E-state index >= 15 is 0 Å². The summed E-state index contributed by atoms with van der Waals surface area (Å²) in [6.07, 6.45) is 5.33. The maximum atomic E-state index is 5.58. The summed E-state index contributed by atoms with van der Waals surface area (Å²) in [6.45, 7) is 2.60. The van der Waals surface area contributed by atoms with E-state index in [0.717, 1.165) is 11.5 Å². The van der Waals surface area contributed by atoms with Gasteiger partial charge in [0.05, 0.1) is 5.69 Å². The summed E-state index contributed by atoms with van der Waals surface area (Å²) in [4.78, 5) is 4.31. The van der Waals surface area contributed by atoms with Gasteiger partial charge in [-0.2, -0.15) is 5.10 Å².